The van der Waals surface area contributed by atoms with E-state index < -0.39 is 94.2 Å². The highest BCUT2D eigenvalue weighted by atomic mass is 16.8. The molecule has 1 N–H and O–H groups in total. The minimum atomic E-state index is -3.58. The summed E-state index contributed by atoms with van der Waals surface area (Å²) in [5.41, 5.74) is -9.62. The second-order valence-electron chi connectivity index (χ2n) is 19.5. The molecule has 0 saturated carbocycles. The van der Waals surface area contributed by atoms with Crippen molar-refractivity contribution in [1.82, 2.24) is 0 Å². The highest BCUT2D eigenvalue weighted by Gasteiger charge is 2.87. The monoisotopic (exact) mass is 856 g/mol. The Hall–Kier alpha value is -4.40. The topological polar surface area (TPSA) is 187 Å². The van der Waals surface area contributed by atoms with E-state index >= 15 is 4.79 Å². The first-order chi connectivity index (χ1) is 27.9. The minimum Gasteiger partial charge on any atom is -0.458 e. The molecule has 2 aliphatic heterocycles. The number of carbonyl (C=O) groups excluding carboxylic acids is 6. The van der Waals surface area contributed by atoms with Crippen molar-refractivity contribution in [2.75, 3.05) is 0 Å². The van der Waals surface area contributed by atoms with Gasteiger partial charge in [-0.2, -0.15) is 0 Å². The fourth-order valence-electron chi connectivity index (χ4n) is 7.41. The van der Waals surface area contributed by atoms with Crippen molar-refractivity contribution in [3.63, 3.8) is 0 Å². The number of ether oxygens (including phenoxy) is 7. The second-order valence-corrected chi connectivity index (χ2v) is 19.5. The number of carbonyl (C=O) groups is 6. The predicted octanol–water partition coefficient (Wildman–Crippen LogP) is 6.86. The van der Waals surface area contributed by atoms with E-state index in [1.165, 1.54) is 69.2 Å². The molecule has 1 aromatic carbocycles. The molecule has 61 heavy (non-hydrogen) atoms. The number of aliphatic hydroxyl groups is 1. The van der Waals surface area contributed by atoms with Gasteiger partial charge in [0.2, 0.25) is 29.4 Å². The number of fused-ring (bicyclic) bond motifs is 2. The third-order valence-electron chi connectivity index (χ3n) is 10.2. The average molecular weight is 857 g/mol. The quantitative estimate of drug-likeness (QED) is 0.0741. The number of Topliss-reactive ketones (excluding diaryl/α,β-unsaturated/α-hetero) is 1. The van der Waals surface area contributed by atoms with Crippen LogP contribution in [0, 0.1) is 17.8 Å². The van der Waals surface area contributed by atoms with Crippen molar-refractivity contribution in [3.05, 3.63) is 60.2 Å². The molecule has 2 bridgehead atoms. The summed E-state index contributed by atoms with van der Waals surface area (Å²) in [4.78, 5) is 85.1. The number of esters is 5. The summed E-state index contributed by atoms with van der Waals surface area (Å²) in [7, 11) is 0. The van der Waals surface area contributed by atoms with Gasteiger partial charge in [-0.3, -0.25) is 9.59 Å². The van der Waals surface area contributed by atoms with Gasteiger partial charge < -0.3 is 38.3 Å². The molecule has 0 spiro atoms. The molecular formula is C47H68O14. The number of rotatable bonds is 17. The van der Waals surface area contributed by atoms with Gasteiger partial charge in [-0.25, -0.2) is 19.2 Å². The number of hydrogen-bond donors (Lipinski definition) is 1. The molecule has 0 unspecified atom stereocenters. The van der Waals surface area contributed by atoms with Crippen LogP contribution in [-0.4, -0.2) is 92.8 Å². The van der Waals surface area contributed by atoms with Gasteiger partial charge in [0.25, 0.3) is 5.60 Å². The maximum atomic E-state index is 15.1. The van der Waals surface area contributed by atoms with Gasteiger partial charge in [0.15, 0.2) is 0 Å². The second kappa shape index (κ2) is 19.3. The Morgan fingerprint density at radius 3 is 1.97 bits per heavy atom. The zero-order valence-electron chi connectivity index (χ0n) is 38.5. The Bertz CT molecular complexity index is 1810. The van der Waals surface area contributed by atoms with Gasteiger partial charge in [0.05, 0.1) is 0 Å². The molecule has 0 radical (unpaired) electrons. The lowest BCUT2D eigenvalue weighted by atomic mass is 9.74. The van der Waals surface area contributed by atoms with Gasteiger partial charge in [-0.05, 0) is 105 Å². The minimum absolute atomic E-state index is 0.109. The van der Waals surface area contributed by atoms with E-state index in [1.54, 1.807) is 6.08 Å². The van der Waals surface area contributed by atoms with Crippen molar-refractivity contribution < 1.29 is 67.0 Å². The van der Waals surface area contributed by atoms with Crippen LogP contribution in [0.5, 0.6) is 0 Å². The Balaban J connectivity index is 2.32. The van der Waals surface area contributed by atoms with E-state index in [1.807, 2.05) is 51.1 Å². The third kappa shape index (κ3) is 12.4. The molecule has 2 saturated heterocycles. The van der Waals surface area contributed by atoms with Crippen molar-refractivity contribution in [2.24, 2.45) is 17.8 Å². The van der Waals surface area contributed by atoms with Crippen LogP contribution in [0.2, 0.25) is 0 Å². The number of allylic oxidation sites excluding steroid dienone is 1. The van der Waals surface area contributed by atoms with Crippen LogP contribution in [0.3, 0.4) is 0 Å². The smallest absolute Gasteiger partial charge is 0.347 e. The maximum absolute atomic E-state index is 15.1. The first kappa shape index (κ1) is 51.0. The summed E-state index contributed by atoms with van der Waals surface area (Å²) in [5, 5.41) is 13.0. The molecule has 0 aliphatic carbocycles. The zero-order valence-corrected chi connectivity index (χ0v) is 38.5. The van der Waals surface area contributed by atoms with Crippen LogP contribution in [0.25, 0.3) is 0 Å². The van der Waals surface area contributed by atoms with E-state index in [0.29, 0.717) is 17.9 Å². The molecule has 0 aromatic heterocycles. The Labute approximate surface area is 361 Å². The summed E-state index contributed by atoms with van der Waals surface area (Å²) in [6.45, 7) is 26.7. The standard InChI is InChI=1S/C47H68O14/c1-16-28(2)26-29(3)22-23-34(49)56-37-36(50)45(25-24-30(4)35(55-32(6)48)31(5)27-33-20-18-17-19-21-33)57-38(39(51)58-42(7,8)9)46(54,40(52)59-43(10,11)12)47(37,61-45)41(53)60-44(13,14)15/h17-23,28-29,31,35,37-38,54H,4,16,24-27H2,1-3,5-15H3/b23-22+/t28-,29+,31+,35+,37+,38+,45-,46+,47-/m0/s1. The van der Waals surface area contributed by atoms with Crippen LogP contribution in [-0.2, 0) is 68.3 Å². The Morgan fingerprint density at radius 1 is 0.885 bits per heavy atom. The first-order valence-electron chi connectivity index (χ1n) is 21.0. The lowest BCUT2D eigenvalue weighted by Crippen LogP contribution is -2.79. The highest BCUT2D eigenvalue weighted by Crippen LogP contribution is 2.55. The SMILES string of the molecule is C=C(CC[C@]12O[C@H](C(=O)OC(C)(C)C)[C@@](O)(C(=O)OC(C)(C)C)[C@](C(=O)OC(C)(C)C)(O1)[C@H](OC(=O)/C=C/[C@@H](C)C[C@@H](C)CC)C2=O)[C@@H](OC(C)=O)[C@H](C)Cc1ccccc1. The van der Waals surface area contributed by atoms with E-state index in [9.17, 15) is 29.1 Å². The zero-order chi connectivity index (χ0) is 46.5. The van der Waals surface area contributed by atoms with E-state index in [0.717, 1.165) is 24.5 Å². The molecule has 2 heterocycles. The van der Waals surface area contributed by atoms with E-state index in [4.69, 9.17) is 33.2 Å². The highest BCUT2D eigenvalue weighted by molar-refractivity contribution is 6.09. The van der Waals surface area contributed by atoms with Crippen LogP contribution >= 0.6 is 0 Å². The third-order valence-corrected chi connectivity index (χ3v) is 10.2. The molecule has 14 heteroatoms. The van der Waals surface area contributed by atoms with Crippen LogP contribution in [0.1, 0.15) is 128 Å². The Kier molecular flexibility index (Phi) is 16.1. The first-order valence-corrected chi connectivity index (χ1v) is 21.0. The van der Waals surface area contributed by atoms with Gasteiger partial charge in [-0.1, -0.05) is 77.1 Å². The number of hydrogen-bond acceptors (Lipinski definition) is 14. The van der Waals surface area contributed by atoms with Gasteiger partial charge in [-0.15, -0.1) is 0 Å². The molecule has 1 aromatic rings. The van der Waals surface area contributed by atoms with Crippen molar-refractivity contribution >= 4 is 35.6 Å². The van der Waals surface area contributed by atoms with Crippen molar-refractivity contribution in [3.8, 4) is 0 Å². The average Bonchev–Trinajstić information content (AvgIpc) is 3.33. The van der Waals surface area contributed by atoms with Gasteiger partial charge >= 0.3 is 29.8 Å². The van der Waals surface area contributed by atoms with Crippen molar-refractivity contribution in [2.45, 2.75) is 181 Å². The molecule has 14 nitrogen and oxygen atoms in total. The molecule has 9 atom stereocenters. The number of benzene rings is 1. The largest absolute Gasteiger partial charge is 0.458 e. The van der Waals surface area contributed by atoms with Crippen molar-refractivity contribution in [1.29, 1.82) is 0 Å². The molecule has 0 amide bonds. The summed E-state index contributed by atoms with van der Waals surface area (Å²) in [6, 6.07) is 9.48. The molecule has 2 aliphatic rings. The van der Waals surface area contributed by atoms with Crippen LogP contribution in [0.15, 0.2) is 54.6 Å². The molecule has 3 rings (SSSR count). The molecule has 340 valence electrons. The van der Waals surface area contributed by atoms with E-state index in [-0.39, 0.29) is 18.3 Å². The fraction of sp³-hybridized carbons (Fsp3) is 0.660. The summed E-state index contributed by atoms with van der Waals surface area (Å²) in [6.07, 6.45) is -1.84. The summed E-state index contributed by atoms with van der Waals surface area (Å²) >= 11 is 0. The maximum Gasteiger partial charge on any atom is 0.347 e. The van der Waals surface area contributed by atoms with E-state index in [2.05, 4.69) is 13.5 Å². The lowest BCUT2D eigenvalue weighted by molar-refractivity contribution is -0.364. The Morgan fingerprint density at radius 2 is 1.44 bits per heavy atom. The van der Waals surface area contributed by atoms with Gasteiger partial charge in [0.1, 0.15) is 22.9 Å². The summed E-state index contributed by atoms with van der Waals surface area (Å²) in [5.74, 6) is -10.3. The number of ketones is 1. The van der Waals surface area contributed by atoms with Crippen LogP contribution < -0.4 is 0 Å². The predicted molar refractivity (Wildman–Crippen MR) is 224 cm³/mol. The van der Waals surface area contributed by atoms with Gasteiger partial charge in [0, 0.05) is 25.3 Å². The summed E-state index contributed by atoms with van der Waals surface area (Å²) < 4.78 is 41.2. The molecule has 2 fully saturated rings. The molecular weight excluding hydrogens is 789 g/mol. The lowest BCUT2D eigenvalue weighted by Gasteiger charge is -2.50. The normalized spacial score (nSPS) is 26.1. The fourth-order valence-corrected chi connectivity index (χ4v) is 7.41. The van der Waals surface area contributed by atoms with Crippen LogP contribution in [0.4, 0.5) is 0 Å².